The third-order valence-electron chi connectivity index (χ3n) is 3.93. The van der Waals surface area contributed by atoms with E-state index in [-0.39, 0.29) is 5.91 Å². The van der Waals surface area contributed by atoms with E-state index in [9.17, 15) is 4.79 Å². The molecular weight excluding hydrogens is 288 g/mol. The number of ether oxygens (including phenoxy) is 1. The van der Waals surface area contributed by atoms with Gasteiger partial charge in [-0.1, -0.05) is 12.1 Å². The average molecular weight is 312 g/mol. The molecule has 1 aromatic carbocycles. The smallest absolute Gasteiger partial charge is 0.255 e. The van der Waals surface area contributed by atoms with Crippen molar-refractivity contribution in [1.29, 1.82) is 0 Å². The van der Waals surface area contributed by atoms with Crippen LogP contribution in [-0.4, -0.2) is 35.5 Å². The highest BCUT2D eigenvalue weighted by Crippen LogP contribution is 2.30. The lowest BCUT2D eigenvalue weighted by atomic mass is 10.00. The van der Waals surface area contributed by atoms with Crippen LogP contribution in [0.3, 0.4) is 0 Å². The van der Waals surface area contributed by atoms with E-state index in [0.717, 1.165) is 22.4 Å². The molecule has 23 heavy (non-hydrogen) atoms. The van der Waals surface area contributed by atoms with Crippen LogP contribution >= 0.6 is 0 Å². The fourth-order valence-corrected chi connectivity index (χ4v) is 2.64. The Bertz CT molecular complexity index is 679. The lowest BCUT2D eigenvalue weighted by molar-refractivity contribution is 0.0772. The normalized spacial score (nSPS) is 10.4. The molecule has 122 valence electrons. The number of amides is 1. The standard InChI is InChI=1S/C19H24N2O2/c1-5-21(6-2)19(22)16-11-15(12-20-13-16)17-9-8-10-18(14(17)4)23-7-3/h8-13H,5-7H2,1-4H3. The molecule has 0 radical (unpaired) electrons. The monoisotopic (exact) mass is 312 g/mol. The van der Waals surface area contributed by atoms with E-state index >= 15 is 0 Å². The molecule has 4 nitrogen and oxygen atoms in total. The second-order valence-electron chi connectivity index (χ2n) is 5.30. The summed E-state index contributed by atoms with van der Waals surface area (Å²) in [5.41, 5.74) is 3.65. The van der Waals surface area contributed by atoms with E-state index in [0.29, 0.717) is 25.3 Å². The molecular formula is C19H24N2O2. The van der Waals surface area contributed by atoms with Gasteiger partial charge in [0.2, 0.25) is 0 Å². The highest BCUT2D eigenvalue weighted by Gasteiger charge is 2.15. The lowest BCUT2D eigenvalue weighted by Gasteiger charge is -2.19. The topological polar surface area (TPSA) is 42.4 Å². The Morgan fingerprint density at radius 2 is 1.91 bits per heavy atom. The lowest BCUT2D eigenvalue weighted by Crippen LogP contribution is -2.30. The molecule has 2 rings (SSSR count). The first-order chi connectivity index (χ1) is 11.1. The van der Waals surface area contributed by atoms with E-state index in [1.807, 2.05) is 52.0 Å². The summed E-state index contributed by atoms with van der Waals surface area (Å²) in [6, 6.07) is 7.86. The number of rotatable bonds is 6. The number of nitrogens with zero attached hydrogens (tertiary/aromatic N) is 2. The van der Waals surface area contributed by atoms with Crippen LogP contribution < -0.4 is 4.74 Å². The van der Waals surface area contributed by atoms with Crippen LogP contribution in [0.2, 0.25) is 0 Å². The van der Waals surface area contributed by atoms with Gasteiger partial charge in [-0.15, -0.1) is 0 Å². The van der Waals surface area contributed by atoms with E-state index in [2.05, 4.69) is 4.98 Å². The van der Waals surface area contributed by atoms with Crippen LogP contribution in [0.5, 0.6) is 5.75 Å². The third-order valence-corrected chi connectivity index (χ3v) is 3.93. The fourth-order valence-electron chi connectivity index (χ4n) is 2.64. The highest BCUT2D eigenvalue weighted by molar-refractivity contribution is 5.95. The number of benzene rings is 1. The van der Waals surface area contributed by atoms with Crippen LogP contribution in [0.1, 0.15) is 36.7 Å². The van der Waals surface area contributed by atoms with Crippen LogP contribution in [-0.2, 0) is 0 Å². The van der Waals surface area contributed by atoms with Crippen molar-refractivity contribution in [1.82, 2.24) is 9.88 Å². The van der Waals surface area contributed by atoms with Gasteiger partial charge in [0.25, 0.3) is 5.91 Å². The summed E-state index contributed by atoms with van der Waals surface area (Å²) in [6.45, 7) is 9.97. The van der Waals surface area contributed by atoms with E-state index < -0.39 is 0 Å². The molecule has 0 bridgehead atoms. The van der Waals surface area contributed by atoms with Gasteiger partial charge in [0.1, 0.15) is 5.75 Å². The van der Waals surface area contributed by atoms with Crippen molar-refractivity contribution < 1.29 is 9.53 Å². The van der Waals surface area contributed by atoms with E-state index in [1.165, 1.54) is 0 Å². The molecule has 1 heterocycles. The summed E-state index contributed by atoms with van der Waals surface area (Å²) in [5, 5.41) is 0. The first-order valence-corrected chi connectivity index (χ1v) is 8.09. The SMILES string of the molecule is CCOc1cccc(-c2cncc(C(=O)N(CC)CC)c2)c1C. The van der Waals surface area contributed by atoms with Gasteiger partial charge in [-0.25, -0.2) is 0 Å². The Labute approximate surface area is 138 Å². The van der Waals surface area contributed by atoms with Crippen LogP contribution in [0.15, 0.2) is 36.7 Å². The zero-order valence-electron chi connectivity index (χ0n) is 14.3. The fraction of sp³-hybridized carbons (Fsp3) is 0.368. The Balaban J connectivity index is 2.41. The Hall–Kier alpha value is -2.36. The summed E-state index contributed by atoms with van der Waals surface area (Å²) in [7, 11) is 0. The van der Waals surface area contributed by atoms with Gasteiger partial charge in [0, 0.05) is 31.0 Å². The molecule has 2 aromatic rings. The third kappa shape index (κ3) is 3.70. The Morgan fingerprint density at radius 1 is 1.17 bits per heavy atom. The largest absolute Gasteiger partial charge is 0.494 e. The molecule has 0 saturated carbocycles. The molecule has 0 aliphatic heterocycles. The van der Waals surface area contributed by atoms with Crippen molar-refractivity contribution in [3.63, 3.8) is 0 Å². The number of carbonyl (C=O) groups excluding carboxylic acids is 1. The minimum atomic E-state index is 0.0166. The Morgan fingerprint density at radius 3 is 2.57 bits per heavy atom. The summed E-state index contributed by atoms with van der Waals surface area (Å²) < 4.78 is 5.65. The van der Waals surface area contributed by atoms with Gasteiger partial charge in [0.15, 0.2) is 0 Å². The number of carbonyl (C=O) groups is 1. The number of hydrogen-bond donors (Lipinski definition) is 0. The first kappa shape index (κ1) is 17.0. The number of aromatic nitrogens is 1. The van der Waals surface area contributed by atoms with Crippen molar-refractivity contribution in [2.24, 2.45) is 0 Å². The second kappa shape index (κ2) is 7.77. The zero-order valence-corrected chi connectivity index (χ0v) is 14.3. The first-order valence-electron chi connectivity index (χ1n) is 8.09. The van der Waals surface area contributed by atoms with Crippen molar-refractivity contribution in [2.45, 2.75) is 27.7 Å². The Kier molecular flexibility index (Phi) is 5.74. The summed E-state index contributed by atoms with van der Waals surface area (Å²) >= 11 is 0. The quantitative estimate of drug-likeness (QED) is 0.811. The molecule has 0 saturated heterocycles. The van der Waals surface area contributed by atoms with Gasteiger partial charge in [-0.3, -0.25) is 9.78 Å². The van der Waals surface area contributed by atoms with E-state index in [1.54, 1.807) is 17.3 Å². The maximum atomic E-state index is 12.5. The minimum absolute atomic E-state index is 0.0166. The molecule has 0 unspecified atom stereocenters. The maximum Gasteiger partial charge on any atom is 0.255 e. The highest BCUT2D eigenvalue weighted by atomic mass is 16.5. The van der Waals surface area contributed by atoms with Crippen molar-refractivity contribution in [2.75, 3.05) is 19.7 Å². The van der Waals surface area contributed by atoms with Crippen LogP contribution in [0, 0.1) is 6.92 Å². The summed E-state index contributed by atoms with van der Waals surface area (Å²) in [4.78, 5) is 18.6. The van der Waals surface area contributed by atoms with Crippen LogP contribution in [0.4, 0.5) is 0 Å². The van der Waals surface area contributed by atoms with Gasteiger partial charge in [0.05, 0.1) is 12.2 Å². The molecule has 4 heteroatoms. The second-order valence-corrected chi connectivity index (χ2v) is 5.30. The molecule has 0 aliphatic carbocycles. The van der Waals surface area contributed by atoms with Gasteiger partial charge < -0.3 is 9.64 Å². The van der Waals surface area contributed by atoms with Crippen molar-refractivity contribution in [3.8, 4) is 16.9 Å². The summed E-state index contributed by atoms with van der Waals surface area (Å²) in [5.74, 6) is 0.883. The predicted molar refractivity (Wildman–Crippen MR) is 92.8 cm³/mol. The van der Waals surface area contributed by atoms with Crippen molar-refractivity contribution >= 4 is 5.91 Å². The molecule has 0 atom stereocenters. The molecule has 1 amide bonds. The molecule has 1 aromatic heterocycles. The van der Waals surface area contributed by atoms with Gasteiger partial charge >= 0.3 is 0 Å². The van der Waals surface area contributed by atoms with Gasteiger partial charge in [-0.05, 0) is 51.0 Å². The minimum Gasteiger partial charge on any atom is -0.494 e. The average Bonchev–Trinajstić information content (AvgIpc) is 2.58. The predicted octanol–water partition coefficient (Wildman–Crippen LogP) is 3.94. The van der Waals surface area contributed by atoms with E-state index in [4.69, 9.17) is 4.74 Å². The molecule has 0 N–H and O–H groups in total. The zero-order chi connectivity index (χ0) is 16.8. The summed E-state index contributed by atoms with van der Waals surface area (Å²) in [6.07, 6.45) is 3.42. The van der Waals surface area contributed by atoms with Crippen LogP contribution in [0.25, 0.3) is 11.1 Å². The maximum absolute atomic E-state index is 12.5. The van der Waals surface area contributed by atoms with Crippen molar-refractivity contribution in [3.05, 3.63) is 47.8 Å². The molecule has 0 fully saturated rings. The molecule has 0 spiro atoms. The number of pyridine rings is 1. The van der Waals surface area contributed by atoms with Gasteiger partial charge in [-0.2, -0.15) is 0 Å². The number of hydrogen-bond acceptors (Lipinski definition) is 3. The molecule has 0 aliphatic rings.